The molecule has 2 aliphatic carbocycles. The van der Waals surface area contributed by atoms with E-state index < -0.39 is 39.3 Å². The van der Waals surface area contributed by atoms with Crippen molar-refractivity contribution in [1.82, 2.24) is 0 Å². The standard InChI is InChI=1S/C20H28O5S.C5H11NO2S/c1-13(2)14-5-7-16-15(11-14)6-8-17-19(16,3)9-4-10-20(17,18(21)22)12-26(23,24)25;1-9-3-2-4(6)5(7)8/h5,7,11,13,17H,4,6,8-10,12H2,1-3H3,(H,21,22)(H,23,24,25);4H,2-3,6H2,1H3,(H,7,8)/t17-,19-,20-;4-/m10/s1. The Kier molecular flexibility index (Phi) is 9.83. The van der Waals surface area contributed by atoms with Crippen LogP contribution in [0.5, 0.6) is 0 Å². The highest BCUT2D eigenvalue weighted by Crippen LogP contribution is 2.58. The molecule has 0 unspecified atom stereocenters. The lowest BCUT2D eigenvalue weighted by molar-refractivity contribution is -0.157. The number of thioether (sulfide) groups is 1. The Hall–Kier alpha value is -1.62. The fraction of sp³-hybridized carbons (Fsp3) is 0.680. The number of rotatable bonds is 8. The zero-order valence-electron chi connectivity index (χ0n) is 21.0. The van der Waals surface area contributed by atoms with Crippen LogP contribution in [-0.2, 0) is 31.5 Å². The number of benzene rings is 1. The zero-order valence-corrected chi connectivity index (χ0v) is 22.6. The maximum absolute atomic E-state index is 12.2. The minimum Gasteiger partial charge on any atom is -0.481 e. The van der Waals surface area contributed by atoms with Crippen molar-refractivity contribution in [2.24, 2.45) is 17.1 Å². The van der Waals surface area contributed by atoms with Gasteiger partial charge in [0, 0.05) is 0 Å². The Morgan fingerprint density at radius 3 is 2.40 bits per heavy atom. The van der Waals surface area contributed by atoms with E-state index in [9.17, 15) is 27.7 Å². The summed E-state index contributed by atoms with van der Waals surface area (Å²) >= 11 is 1.60. The molecule has 3 rings (SSSR count). The van der Waals surface area contributed by atoms with E-state index in [0.717, 1.165) is 24.2 Å². The van der Waals surface area contributed by atoms with Crippen molar-refractivity contribution in [3.05, 3.63) is 34.9 Å². The summed E-state index contributed by atoms with van der Waals surface area (Å²) in [6.07, 6.45) is 5.63. The summed E-state index contributed by atoms with van der Waals surface area (Å²) < 4.78 is 32.8. The van der Waals surface area contributed by atoms with Gasteiger partial charge >= 0.3 is 11.9 Å². The predicted molar refractivity (Wildman–Crippen MR) is 139 cm³/mol. The van der Waals surface area contributed by atoms with Gasteiger partial charge in [0.25, 0.3) is 10.1 Å². The van der Waals surface area contributed by atoms with Crippen LogP contribution < -0.4 is 5.73 Å². The van der Waals surface area contributed by atoms with Crippen LogP contribution in [0, 0.1) is 11.3 Å². The molecule has 8 nitrogen and oxygen atoms in total. The number of hydrogen-bond donors (Lipinski definition) is 4. The van der Waals surface area contributed by atoms with Gasteiger partial charge in [-0.25, -0.2) is 0 Å². The smallest absolute Gasteiger partial charge is 0.320 e. The van der Waals surface area contributed by atoms with Crippen molar-refractivity contribution in [2.45, 2.75) is 76.7 Å². The summed E-state index contributed by atoms with van der Waals surface area (Å²) in [6.45, 7) is 6.38. The molecular formula is C25H39NO7S2. The molecule has 0 spiro atoms. The molecule has 0 amide bonds. The predicted octanol–water partition coefficient (Wildman–Crippen LogP) is 3.92. The fourth-order valence-electron chi connectivity index (χ4n) is 5.87. The Morgan fingerprint density at radius 2 is 1.89 bits per heavy atom. The van der Waals surface area contributed by atoms with E-state index in [2.05, 4.69) is 39.0 Å². The van der Waals surface area contributed by atoms with E-state index in [1.807, 2.05) is 6.26 Å². The van der Waals surface area contributed by atoms with E-state index in [4.69, 9.17) is 10.8 Å². The fourth-order valence-corrected chi connectivity index (χ4v) is 7.48. The van der Waals surface area contributed by atoms with E-state index in [1.54, 1.807) is 11.8 Å². The second-order valence-corrected chi connectivity index (χ2v) is 12.8. The van der Waals surface area contributed by atoms with Crippen LogP contribution >= 0.6 is 11.8 Å². The first kappa shape index (κ1) is 29.6. The molecule has 10 heteroatoms. The Bertz CT molecular complexity index is 1030. The summed E-state index contributed by atoms with van der Waals surface area (Å²) in [6, 6.07) is 5.76. The van der Waals surface area contributed by atoms with Gasteiger partial charge in [0.2, 0.25) is 0 Å². The normalized spacial score (nSPS) is 26.7. The van der Waals surface area contributed by atoms with Crippen LogP contribution in [0.4, 0.5) is 0 Å². The van der Waals surface area contributed by atoms with E-state index in [1.165, 1.54) is 11.1 Å². The molecule has 1 aromatic carbocycles. The van der Waals surface area contributed by atoms with Crippen LogP contribution in [0.3, 0.4) is 0 Å². The largest absolute Gasteiger partial charge is 0.481 e. The first-order valence-corrected chi connectivity index (χ1v) is 15.0. The van der Waals surface area contributed by atoms with Gasteiger partial charge in [-0.3, -0.25) is 14.1 Å². The summed E-state index contributed by atoms with van der Waals surface area (Å²) in [7, 11) is -4.38. The van der Waals surface area contributed by atoms with Gasteiger partial charge in [-0.2, -0.15) is 20.2 Å². The molecule has 0 aromatic heterocycles. The molecule has 1 saturated carbocycles. The second-order valence-electron chi connectivity index (χ2n) is 10.3. The van der Waals surface area contributed by atoms with Gasteiger partial charge in [0.15, 0.2) is 0 Å². The van der Waals surface area contributed by atoms with Gasteiger partial charge in [0.1, 0.15) is 6.04 Å². The first-order chi connectivity index (χ1) is 16.2. The third-order valence-electron chi connectivity index (χ3n) is 7.68. The molecule has 0 heterocycles. The van der Waals surface area contributed by atoms with Crippen molar-refractivity contribution in [3.63, 3.8) is 0 Å². The highest BCUT2D eigenvalue weighted by molar-refractivity contribution is 7.98. The molecule has 198 valence electrons. The summed E-state index contributed by atoms with van der Waals surface area (Å²) in [4.78, 5) is 22.3. The number of aliphatic carboxylic acids is 2. The van der Waals surface area contributed by atoms with Gasteiger partial charge in [-0.05, 0) is 78.1 Å². The lowest BCUT2D eigenvalue weighted by Gasteiger charge is -2.54. The molecular weight excluding hydrogens is 490 g/mol. The molecule has 1 aromatic rings. The molecule has 4 atom stereocenters. The lowest BCUT2D eigenvalue weighted by atomic mass is 9.49. The quantitative estimate of drug-likeness (QED) is 0.367. The molecule has 5 N–H and O–H groups in total. The van der Waals surface area contributed by atoms with Crippen molar-refractivity contribution in [1.29, 1.82) is 0 Å². The van der Waals surface area contributed by atoms with Gasteiger partial charge in [0.05, 0.1) is 11.2 Å². The number of carboxylic acids is 2. The average Bonchev–Trinajstić information content (AvgIpc) is 2.76. The summed E-state index contributed by atoms with van der Waals surface area (Å²) in [5.41, 5.74) is 7.06. The monoisotopic (exact) mass is 529 g/mol. The Morgan fingerprint density at radius 1 is 1.23 bits per heavy atom. The molecule has 35 heavy (non-hydrogen) atoms. The van der Waals surface area contributed by atoms with E-state index in [-0.39, 0.29) is 11.3 Å². The Labute approximate surface area is 212 Å². The number of nitrogens with two attached hydrogens (primary N) is 1. The number of carboxylic acid groups (broad SMARTS) is 2. The van der Waals surface area contributed by atoms with Crippen molar-refractivity contribution < 1.29 is 32.8 Å². The average molecular weight is 530 g/mol. The number of fused-ring (bicyclic) bond motifs is 3. The molecule has 0 saturated heterocycles. The SMILES string of the molecule is CC(C)c1ccc2c(c1)CC[C@H]1[C@@](CS(=O)(=O)O)(C(=O)O)CCC[C@]21C.CSCC[C@H](N)C(=O)O. The highest BCUT2D eigenvalue weighted by atomic mass is 32.2. The topological polar surface area (TPSA) is 155 Å². The van der Waals surface area contributed by atoms with Crippen LogP contribution in [-0.4, -0.2) is 58.9 Å². The van der Waals surface area contributed by atoms with Crippen molar-refractivity contribution >= 4 is 33.8 Å². The maximum Gasteiger partial charge on any atom is 0.320 e. The first-order valence-electron chi connectivity index (χ1n) is 12.0. The second kappa shape index (κ2) is 11.6. The minimum atomic E-state index is -4.38. The van der Waals surface area contributed by atoms with Gasteiger partial charge in [-0.15, -0.1) is 0 Å². The summed E-state index contributed by atoms with van der Waals surface area (Å²) in [5, 5.41) is 18.3. The minimum absolute atomic E-state index is 0.293. The van der Waals surface area contributed by atoms with Gasteiger partial charge in [-0.1, -0.05) is 45.4 Å². The summed E-state index contributed by atoms with van der Waals surface area (Å²) in [5.74, 6) is -1.78. The number of hydrogen-bond acceptors (Lipinski definition) is 6. The number of aryl methyl sites for hydroxylation is 1. The Balaban J connectivity index is 0.000000410. The molecule has 0 radical (unpaired) electrons. The highest BCUT2D eigenvalue weighted by Gasteiger charge is 2.59. The molecule has 0 bridgehead atoms. The van der Waals surface area contributed by atoms with Crippen LogP contribution in [0.25, 0.3) is 0 Å². The third-order valence-corrected chi connectivity index (χ3v) is 9.21. The van der Waals surface area contributed by atoms with Crippen LogP contribution in [0.2, 0.25) is 0 Å². The molecule has 0 aliphatic heterocycles. The number of carbonyl (C=O) groups is 2. The third kappa shape index (κ3) is 6.78. The lowest BCUT2D eigenvalue weighted by Crippen LogP contribution is -2.56. The van der Waals surface area contributed by atoms with Crippen LogP contribution in [0.15, 0.2) is 18.2 Å². The zero-order chi connectivity index (χ0) is 26.6. The molecule has 2 aliphatic rings. The maximum atomic E-state index is 12.2. The van der Waals surface area contributed by atoms with Crippen molar-refractivity contribution in [3.8, 4) is 0 Å². The van der Waals surface area contributed by atoms with Crippen molar-refractivity contribution in [2.75, 3.05) is 17.8 Å². The van der Waals surface area contributed by atoms with Gasteiger partial charge < -0.3 is 15.9 Å². The van der Waals surface area contributed by atoms with Crippen LogP contribution in [0.1, 0.15) is 75.5 Å². The molecule has 1 fully saturated rings. The van der Waals surface area contributed by atoms with E-state index in [0.29, 0.717) is 31.6 Å². The van der Waals surface area contributed by atoms with E-state index >= 15 is 0 Å².